The van der Waals surface area contributed by atoms with Crippen molar-refractivity contribution in [3.05, 3.63) is 35.4 Å². The zero-order chi connectivity index (χ0) is 14.3. The quantitative estimate of drug-likeness (QED) is 0.781. The molecule has 1 aromatic rings. The molecule has 0 heterocycles. The summed E-state index contributed by atoms with van der Waals surface area (Å²) in [6.07, 6.45) is 3.31. The number of carbonyl (C=O) groups is 1. The normalized spacial score (nSPS) is 12.5. The summed E-state index contributed by atoms with van der Waals surface area (Å²) in [5.41, 5.74) is 2.07. The third-order valence-corrected chi connectivity index (χ3v) is 3.50. The summed E-state index contributed by atoms with van der Waals surface area (Å²) < 4.78 is 0. The lowest BCUT2D eigenvalue weighted by Gasteiger charge is -2.10. The average molecular weight is 263 g/mol. The molecule has 0 aliphatic heterocycles. The van der Waals surface area contributed by atoms with E-state index in [4.69, 9.17) is 0 Å². The van der Waals surface area contributed by atoms with E-state index in [1.54, 1.807) is 0 Å². The Bertz CT molecular complexity index is 386. The fourth-order valence-electron chi connectivity index (χ4n) is 1.92. The summed E-state index contributed by atoms with van der Waals surface area (Å²) in [5.74, 6) is 1.36. The maximum atomic E-state index is 11.9. The van der Waals surface area contributed by atoms with E-state index in [0.717, 1.165) is 24.9 Å². The van der Waals surface area contributed by atoms with Crippen molar-refractivity contribution < 1.29 is 6.22 Å². The minimum absolute atomic E-state index is 0. The van der Waals surface area contributed by atoms with E-state index in [1.165, 1.54) is 12.0 Å². The summed E-state index contributed by atoms with van der Waals surface area (Å²) in [7, 11) is 0. The Kier molecular flexibility index (Phi) is 6.61. The third kappa shape index (κ3) is 5.91. The highest BCUT2D eigenvalue weighted by Gasteiger charge is 2.06. The first kappa shape index (κ1) is 15.7. The van der Waals surface area contributed by atoms with Crippen LogP contribution in [0.4, 0.5) is 0 Å². The van der Waals surface area contributed by atoms with Crippen LogP contribution in [0, 0.1) is 11.8 Å². The topological polar surface area (TPSA) is 29.1 Å². The average Bonchev–Trinajstić information content (AvgIpc) is 2.38. The van der Waals surface area contributed by atoms with Crippen LogP contribution in [0.1, 0.15) is 57.9 Å². The van der Waals surface area contributed by atoms with Crippen LogP contribution in [0.5, 0.6) is 0 Å². The molecule has 0 spiro atoms. The second-order valence-corrected chi connectivity index (χ2v) is 5.85. The van der Waals surface area contributed by atoms with Crippen molar-refractivity contribution in [1.82, 2.24) is 5.32 Å². The highest BCUT2D eigenvalue weighted by molar-refractivity contribution is 5.94. The molecule has 0 aliphatic rings. The van der Waals surface area contributed by atoms with Gasteiger partial charge in [-0.1, -0.05) is 46.2 Å². The Labute approximate surface area is 119 Å². The number of amides is 1. The molecule has 0 fully saturated rings. The van der Waals surface area contributed by atoms with Crippen molar-refractivity contribution in [2.75, 3.05) is 6.54 Å². The molecular weight excluding hydrogens is 234 g/mol. The number of rotatable bonds is 7. The predicted octanol–water partition coefficient (Wildman–Crippen LogP) is 4.30. The minimum Gasteiger partial charge on any atom is -0.352 e. The fourth-order valence-corrected chi connectivity index (χ4v) is 1.92. The van der Waals surface area contributed by atoms with Gasteiger partial charge in [0.15, 0.2) is 0 Å². The van der Waals surface area contributed by atoms with Crippen molar-refractivity contribution in [2.24, 2.45) is 11.8 Å². The SMILES string of the molecule is CCC(C)Cc1ccc(C(=O)NCCC(C)C)cc1.[HH]. The minimum atomic E-state index is 0. The van der Waals surface area contributed by atoms with E-state index in [-0.39, 0.29) is 7.33 Å². The lowest BCUT2D eigenvalue weighted by atomic mass is 9.98. The first-order valence-corrected chi connectivity index (χ1v) is 7.40. The molecule has 1 aromatic carbocycles. The van der Waals surface area contributed by atoms with Gasteiger partial charge in [-0.15, -0.1) is 0 Å². The van der Waals surface area contributed by atoms with Gasteiger partial charge in [0.05, 0.1) is 0 Å². The Balaban J connectivity index is 0.00000361. The highest BCUT2D eigenvalue weighted by atomic mass is 16.1. The Morgan fingerprint density at radius 2 is 1.84 bits per heavy atom. The van der Waals surface area contributed by atoms with Crippen molar-refractivity contribution in [2.45, 2.75) is 47.0 Å². The van der Waals surface area contributed by atoms with Crippen LogP contribution in [-0.2, 0) is 6.42 Å². The van der Waals surface area contributed by atoms with Gasteiger partial charge in [-0.2, -0.15) is 0 Å². The monoisotopic (exact) mass is 263 g/mol. The number of hydrogen-bond acceptors (Lipinski definition) is 1. The molecule has 0 saturated heterocycles. The molecule has 2 nitrogen and oxygen atoms in total. The van der Waals surface area contributed by atoms with Gasteiger partial charge in [-0.25, -0.2) is 0 Å². The molecule has 0 bridgehead atoms. The molecule has 0 radical (unpaired) electrons. The molecule has 1 amide bonds. The van der Waals surface area contributed by atoms with Crippen molar-refractivity contribution in [1.29, 1.82) is 0 Å². The largest absolute Gasteiger partial charge is 0.352 e. The molecule has 1 N–H and O–H groups in total. The maximum Gasteiger partial charge on any atom is 0.251 e. The standard InChI is InChI=1S/C17H27NO.H2/c1-5-14(4)12-15-6-8-16(9-7-15)17(19)18-11-10-13(2)3;/h6-9,13-14H,5,10-12H2,1-4H3,(H,18,19);1H. The zero-order valence-electron chi connectivity index (χ0n) is 12.7. The molecule has 2 heteroatoms. The Hall–Kier alpha value is -1.31. The lowest BCUT2D eigenvalue weighted by molar-refractivity contribution is 0.0952. The van der Waals surface area contributed by atoms with Crippen molar-refractivity contribution in [3.63, 3.8) is 0 Å². The number of hydrogen-bond donors (Lipinski definition) is 1. The first-order valence-electron chi connectivity index (χ1n) is 7.40. The first-order chi connectivity index (χ1) is 9.02. The summed E-state index contributed by atoms with van der Waals surface area (Å²) in [6.45, 7) is 9.55. The summed E-state index contributed by atoms with van der Waals surface area (Å²) in [5, 5.41) is 2.96. The van der Waals surface area contributed by atoms with Crippen LogP contribution in [0.15, 0.2) is 24.3 Å². The Morgan fingerprint density at radius 3 is 2.37 bits per heavy atom. The van der Waals surface area contributed by atoms with Gasteiger partial charge < -0.3 is 5.32 Å². The molecule has 0 aromatic heterocycles. The molecule has 108 valence electrons. The molecule has 0 saturated carbocycles. The van der Waals surface area contributed by atoms with Gasteiger partial charge in [0.25, 0.3) is 5.91 Å². The van der Waals surface area contributed by atoms with Gasteiger partial charge in [0.2, 0.25) is 0 Å². The zero-order valence-corrected chi connectivity index (χ0v) is 12.7. The van der Waals surface area contributed by atoms with E-state index < -0.39 is 0 Å². The summed E-state index contributed by atoms with van der Waals surface area (Å²) in [6, 6.07) is 8.01. The van der Waals surface area contributed by atoms with Gasteiger partial charge in [0.1, 0.15) is 0 Å². The molecule has 1 unspecified atom stereocenters. The molecular formula is C17H29NO. The fraction of sp³-hybridized carbons (Fsp3) is 0.588. The van der Waals surface area contributed by atoms with Crippen molar-refractivity contribution in [3.8, 4) is 0 Å². The van der Waals surface area contributed by atoms with Crippen LogP contribution in [-0.4, -0.2) is 12.5 Å². The number of carbonyl (C=O) groups excluding carboxylic acids is 1. The Morgan fingerprint density at radius 1 is 1.21 bits per heavy atom. The van der Waals surface area contributed by atoms with E-state index >= 15 is 0 Å². The number of nitrogens with one attached hydrogen (secondary N) is 1. The second kappa shape index (κ2) is 7.98. The summed E-state index contributed by atoms with van der Waals surface area (Å²) >= 11 is 0. The van der Waals surface area contributed by atoms with Crippen molar-refractivity contribution >= 4 is 5.91 Å². The van der Waals surface area contributed by atoms with Crippen LogP contribution >= 0.6 is 0 Å². The van der Waals surface area contributed by atoms with Crippen LogP contribution < -0.4 is 5.32 Å². The maximum absolute atomic E-state index is 11.9. The second-order valence-electron chi connectivity index (χ2n) is 5.85. The van der Waals surface area contributed by atoms with Gasteiger partial charge in [0, 0.05) is 13.5 Å². The third-order valence-electron chi connectivity index (χ3n) is 3.50. The summed E-state index contributed by atoms with van der Waals surface area (Å²) in [4.78, 5) is 11.9. The van der Waals surface area contributed by atoms with Gasteiger partial charge >= 0.3 is 0 Å². The van der Waals surface area contributed by atoms with Gasteiger partial charge in [-0.05, 0) is 42.4 Å². The molecule has 19 heavy (non-hydrogen) atoms. The molecule has 0 aliphatic carbocycles. The van der Waals surface area contributed by atoms with Crippen LogP contribution in [0.25, 0.3) is 0 Å². The molecule has 1 rings (SSSR count). The van der Waals surface area contributed by atoms with Crippen LogP contribution in [0.2, 0.25) is 0 Å². The smallest absolute Gasteiger partial charge is 0.251 e. The van der Waals surface area contributed by atoms with Gasteiger partial charge in [-0.3, -0.25) is 4.79 Å². The van der Waals surface area contributed by atoms with E-state index in [1.807, 2.05) is 12.1 Å². The van der Waals surface area contributed by atoms with E-state index in [0.29, 0.717) is 11.8 Å². The lowest BCUT2D eigenvalue weighted by Crippen LogP contribution is -2.25. The van der Waals surface area contributed by atoms with E-state index in [2.05, 4.69) is 45.1 Å². The number of benzene rings is 1. The molecule has 1 atom stereocenters. The predicted molar refractivity (Wildman–Crippen MR) is 83.5 cm³/mol. The van der Waals surface area contributed by atoms with E-state index in [9.17, 15) is 4.79 Å². The van der Waals surface area contributed by atoms with Crippen LogP contribution in [0.3, 0.4) is 0 Å². The highest BCUT2D eigenvalue weighted by Crippen LogP contribution is 2.12.